The van der Waals surface area contributed by atoms with Crippen LogP contribution in [0.3, 0.4) is 0 Å². The number of aliphatic imine (C=N–C) groups is 1. The van der Waals surface area contributed by atoms with Crippen LogP contribution in [0.5, 0.6) is 0 Å². The van der Waals surface area contributed by atoms with Gasteiger partial charge in [0.2, 0.25) is 5.91 Å². The Kier molecular flexibility index (Phi) is 4.26. The molecule has 28 heavy (non-hydrogen) atoms. The molecule has 0 saturated heterocycles. The first-order valence-electron chi connectivity index (χ1n) is 9.09. The van der Waals surface area contributed by atoms with Crippen molar-refractivity contribution in [2.75, 3.05) is 0 Å². The van der Waals surface area contributed by atoms with Gasteiger partial charge in [0.1, 0.15) is 5.69 Å². The molecule has 140 valence electrons. The van der Waals surface area contributed by atoms with Crippen LogP contribution in [0, 0.1) is 11.3 Å². The van der Waals surface area contributed by atoms with Gasteiger partial charge < -0.3 is 5.32 Å². The van der Waals surface area contributed by atoms with Crippen molar-refractivity contribution in [1.82, 2.24) is 15.3 Å². The number of rotatable bonds is 1. The third-order valence-electron chi connectivity index (χ3n) is 4.75. The molecule has 2 amide bonds. The van der Waals surface area contributed by atoms with Crippen molar-refractivity contribution < 1.29 is 9.59 Å². The van der Waals surface area contributed by atoms with E-state index in [2.05, 4.69) is 41.0 Å². The summed E-state index contributed by atoms with van der Waals surface area (Å²) < 4.78 is 0. The fourth-order valence-corrected chi connectivity index (χ4v) is 3.38. The summed E-state index contributed by atoms with van der Waals surface area (Å²) in [6.07, 6.45) is 8.60. The molecule has 1 N–H and O–H groups in total. The number of fused-ring (bicyclic) bond motifs is 2. The molecule has 1 aliphatic heterocycles. The lowest BCUT2D eigenvalue weighted by Gasteiger charge is -2.34. The molecule has 1 atom stereocenters. The van der Waals surface area contributed by atoms with Crippen molar-refractivity contribution in [3.05, 3.63) is 71.7 Å². The van der Waals surface area contributed by atoms with Crippen molar-refractivity contribution >= 4 is 28.6 Å². The highest BCUT2D eigenvalue weighted by Gasteiger charge is 2.32. The number of amides is 2. The third-order valence-corrected chi connectivity index (χ3v) is 4.75. The number of carbonyl (C=O) groups excluding carboxylic acids is 2. The lowest BCUT2D eigenvalue weighted by molar-refractivity contribution is -0.116. The number of nitrogens with zero attached hydrogens (tertiary/aromatic N) is 3. The van der Waals surface area contributed by atoms with E-state index in [0.29, 0.717) is 11.2 Å². The van der Waals surface area contributed by atoms with Crippen LogP contribution < -0.4 is 5.32 Å². The van der Waals surface area contributed by atoms with E-state index in [9.17, 15) is 9.59 Å². The van der Waals surface area contributed by atoms with Crippen molar-refractivity contribution in [3.63, 3.8) is 0 Å². The molecule has 1 aromatic heterocycles. The molecule has 6 nitrogen and oxygen atoms in total. The summed E-state index contributed by atoms with van der Waals surface area (Å²) >= 11 is 0. The van der Waals surface area contributed by atoms with E-state index in [-0.39, 0.29) is 22.9 Å². The van der Waals surface area contributed by atoms with Crippen LogP contribution >= 0.6 is 0 Å². The minimum atomic E-state index is -0.470. The Morgan fingerprint density at radius 3 is 2.64 bits per heavy atom. The Bertz CT molecular complexity index is 1120. The van der Waals surface area contributed by atoms with E-state index in [4.69, 9.17) is 0 Å². The molecule has 2 aromatic rings. The van der Waals surface area contributed by atoms with E-state index in [1.807, 2.05) is 24.3 Å². The minimum absolute atomic E-state index is 0.0211. The summed E-state index contributed by atoms with van der Waals surface area (Å²) in [7, 11) is 0. The topological polar surface area (TPSA) is 84.3 Å². The second-order valence-electron chi connectivity index (χ2n) is 7.86. The smallest absolute Gasteiger partial charge is 0.297 e. The van der Waals surface area contributed by atoms with Crippen LogP contribution in [0.4, 0.5) is 0 Å². The summed E-state index contributed by atoms with van der Waals surface area (Å²) in [6.45, 7) is 6.23. The number of hydrogen-bond acceptors (Lipinski definition) is 4. The molecule has 1 unspecified atom stereocenters. The van der Waals surface area contributed by atoms with Gasteiger partial charge in [0.15, 0.2) is 0 Å². The Morgan fingerprint density at radius 1 is 1.14 bits per heavy atom. The van der Waals surface area contributed by atoms with Gasteiger partial charge in [0.05, 0.1) is 22.9 Å². The molecular formula is C22H20N4O2. The third kappa shape index (κ3) is 3.41. The van der Waals surface area contributed by atoms with E-state index in [1.54, 1.807) is 24.3 Å². The summed E-state index contributed by atoms with van der Waals surface area (Å²) in [5.41, 5.74) is 3.65. The van der Waals surface area contributed by atoms with Gasteiger partial charge in [0, 0.05) is 17.7 Å². The predicted octanol–water partition coefficient (Wildman–Crippen LogP) is 3.38. The van der Waals surface area contributed by atoms with Gasteiger partial charge >= 0.3 is 0 Å². The molecule has 4 rings (SSSR count). The van der Waals surface area contributed by atoms with Crippen LogP contribution in [0.15, 0.2) is 71.0 Å². The molecule has 1 aliphatic carbocycles. The number of hydrogen-bond donors (Lipinski definition) is 1. The van der Waals surface area contributed by atoms with E-state index in [0.717, 1.165) is 16.8 Å². The van der Waals surface area contributed by atoms with Gasteiger partial charge in [-0.25, -0.2) is 9.98 Å². The number of nitrogens with one attached hydrogen (secondary N) is 1. The molecular weight excluding hydrogens is 352 g/mol. The van der Waals surface area contributed by atoms with Gasteiger partial charge in [-0.3, -0.25) is 14.6 Å². The summed E-state index contributed by atoms with van der Waals surface area (Å²) in [6, 6.07) is 7.35. The number of aromatic nitrogens is 2. The molecule has 0 saturated carbocycles. The van der Waals surface area contributed by atoms with E-state index >= 15 is 0 Å². The number of carbonyl (C=O) groups is 2. The van der Waals surface area contributed by atoms with E-state index < -0.39 is 5.91 Å². The van der Waals surface area contributed by atoms with Gasteiger partial charge in [-0.05, 0) is 35.3 Å². The maximum atomic E-state index is 12.6. The van der Waals surface area contributed by atoms with Crippen molar-refractivity contribution in [2.24, 2.45) is 16.3 Å². The van der Waals surface area contributed by atoms with Crippen LogP contribution in [-0.2, 0) is 4.79 Å². The quantitative estimate of drug-likeness (QED) is 0.832. The van der Waals surface area contributed by atoms with Crippen LogP contribution in [-0.4, -0.2) is 27.5 Å². The molecule has 6 heteroatoms. The number of para-hydroxylation sites is 2. The molecule has 0 fully saturated rings. The normalized spacial score (nSPS) is 20.5. The second-order valence-corrected chi connectivity index (χ2v) is 7.86. The highest BCUT2D eigenvalue weighted by Crippen LogP contribution is 2.38. The summed E-state index contributed by atoms with van der Waals surface area (Å²) in [5.74, 6) is -0.650. The average molecular weight is 372 g/mol. The summed E-state index contributed by atoms with van der Waals surface area (Å²) in [4.78, 5) is 37.4. The zero-order valence-electron chi connectivity index (χ0n) is 15.9. The van der Waals surface area contributed by atoms with Crippen molar-refractivity contribution in [2.45, 2.75) is 20.8 Å². The standard InChI is InChI=1S/C22H20N4O2/c1-22(2,3)15-11-20(27)26-18-10-13(8-9-14(15)18)24-21(28)19-12-23-16-6-4-5-7-17(16)25-19/h4-12,14H,1-3H3,(H,26,27). The van der Waals surface area contributed by atoms with Gasteiger partial charge in [-0.1, -0.05) is 39.0 Å². The van der Waals surface area contributed by atoms with Gasteiger partial charge in [-0.15, -0.1) is 0 Å². The maximum Gasteiger partial charge on any atom is 0.297 e. The molecule has 1 aromatic carbocycles. The fraction of sp³-hybridized carbons (Fsp3) is 0.227. The molecule has 0 bridgehead atoms. The average Bonchev–Trinajstić information content (AvgIpc) is 2.66. The Labute approximate surface area is 162 Å². The molecule has 0 radical (unpaired) electrons. The highest BCUT2D eigenvalue weighted by atomic mass is 16.2. The number of allylic oxidation sites excluding steroid dienone is 3. The zero-order valence-corrected chi connectivity index (χ0v) is 15.9. The molecule has 2 aliphatic rings. The first-order valence-corrected chi connectivity index (χ1v) is 9.09. The van der Waals surface area contributed by atoms with E-state index in [1.165, 1.54) is 6.20 Å². The second kappa shape index (κ2) is 6.64. The monoisotopic (exact) mass is 372 g/mol. The Balaban J connectivity index is 1.64. The van der Waals surface area contributed by atoms with Crippen LogP contribution in [0.1, 0.15) is 31.3 Å². The highest BCUT2D eigenvalue weighted by molar-refractivity contribution is 6.13. The largest absolute Gasteiger partial charge is 0.325 e. The van der Waals surface area contributed by atoms with Crippen LogP contribution in [0.2, 0.25) is 0 Å². The fourth-order valence-electron chi connectivity index (χ4n) is 3.38. The maximum absolute atomic E-state index is 12.6. The molecule has 2 heterocycles. The molecule has 0 spiro atoms. The van der Waals surface area contributed by atoms with Crippen LogP contribution in [0.25, 0.3) is 11.0 Å². The predicted molar refractivity (Wildman–Crippen MR) is 108 cm³/mol. The summed E-state index contributed by atoms with van der Waals surface area (Å²) in [5, 5.41) is 2.86. The Hall–Kier alpha value is -3.41. The first kappa shape index (κ1) is 18.0. The SMILES string of the molecule is CC(C)(C)C1=CC(=O)NC2=CC(=NC(=O)c3cnc4ccccc4n3)C=CC21. The van der Waals surface area contributed by atoms with Gasteiger partial charge in [0.25, 0.3) is 5.91 Å². The lowest BCUT2D eigenvalue weighted by atomic mass is 9.74. The first-order chi connectivity index (χ1) is 13.3. The lowest BCUT2D eigenvalue weighted by Crippen LogP contribution is -2.36. The van der Waals surface area contributed by atoms with Gasteiger partial charge in [-0.2, -0.15) is 0 Å². The Morgan fingerprint density at radius 2 is 1.89 bits per heavy atom. The minimum Gasteiger partial charge on any atom is -0.325 e. The van der Waals surface area contributed by atoms with Crippen molar-refractivity contribution in [1.29, 1.82) is 0 Å². The zero-order chi connectivity index (χ0) is 19.9. The van der Waals surface area contributed by atoms with Crippen molar-refractivity contribution in [3.8, 4) is 0 Å². The number of benzene rings is 1.